The maximum absolute atomic E-state index is 9.88. The molecule has 0 spiro atoms. The summed E-state index contributed by atoms with van der Waals surface area (Å²) in [5, 5.41) is 14.9. The first-order valence-corrected chi connectivity index (χ1v) is 6.35. The number of aryl methyl sites for hydroxylation is 1. The molecule has 4 N–H and O–H groups in total. The SMILES string of the molecule is Cc1cc(Nc2cccc3c(O)cccc23)ncc1N. The number of nitrogens with zero attached hydrogens (tertiary/aromatic N) is 1. The van der Waals surface area contributed by atoms with Crippen LogP contribution in [-0.4, -0.2) is 10.1 Å². The number of phenolic OH excluding ortho intramolecular Hbond substituents is 1. The van der Waals surface area contributed by atoms with Crippen LogP contribution in [0.25, 0.3) is 10.8 Å². The molecule has 1 heterocycles. The second-order valence-electron chi connectivity index (χ2n) is 4.73. The van der Waals surface area contributed by atoms with Crippen molar-refractivity contribution in [1.29, 1.82) is 0 Å². The molecule has 0 aliphatic heterocycles. The molecule has 0 amide bonds. The maximum atomic E-state index is 9.88. The number of fused-ring (bicyclic) bond motifs is 1. The predicted octanol–water partition coefficient (Wildman–Crippen LogP) is 3.57. The van der Waals surface area contributed by atoms with Crippen molar-refractivity contribution in [3.05, 3.63) is 54.2 Å². The van der Waals surface area contributed by atoms with Crippen LogP contribution >= 0.6 is 0 Å². The number of nitrogens with two attached hydrogens (primary N) is 1. The Morgan fingerprint density at radius 1 is 1.10 bits per heavy atom. The lowest BCUT2D eigenvalue weighted by Crippen LogP contribution is -1.97. The summed E-state index contributed by atoms with van der Waals surface area (Å²) in [4.78, 5) is 4.27. The topological polar surface area (TPSA) is 71.2 Å². The summed E-state index contributed by atoms with van der Waals surface area (Å²) < 4.78 is 0. The lowest BCUT2D eigenvalue weighted by Gasteiger charge is -2.11. The molecule has 3 rings (SSSR count). The molecule has 0 unspecified atom stereocenters. The lowest BCUT2D eigenvalue weighted by molar-refractivity contribution is 0.481. The number of nitrogen functional groups attached to an aromatic ring is 1. The molecule has 1 aromatic heterocycles. The van der Waals surface area contributed by atoms with Crippen LogP contribution < -0.4 is 11.1 Å². The fourth-order valence-corrected chi connectivity index (χ4v) is 2.18. The number of aromatic hydroxyl groups is 1. The minimum atomic E-state index is 0.271. The van der Waals surface area contributed by atoms with Crippen molar-refractivity contribution < 1.29 is 5.11 Å². The third kappa shape index (κ3) is 2.12. The van der Waals surface area contributed by atoms with E-state index in [4.69, 9.17) is 5.73 Å². The average Bonchev–Trinajstić information content (AvgIpc) is 2.44. The standard InChI is InChI=1S/C16H15N3O/c1-10-8-16(18-9-13(10)17)19-14-6-2-5-12-11(14)4-3-7-15(12)20/h2-9,20H,17H2,1H3,(H,18,19). The molecule has 0 bridgehead atoms. The highest BCUT2D eigenvalue weighted by atomic mass is 16.3. The molecule has 4 nitrogen and oxygen atoms in total. The number of hydrogen-bond acceptors (Lipinski definition) is 4. The summed E-state index contributed by atoms with van der Waals surface area (Å²) in [5.74, 6) is 1.00. The predicted molar refractivity (Wildman–Crippen MR) is 82.3 cm³/mol. The highest BCUT2D eigenvalue weighted by molar-refractivity contribution is 5.98. The Morgan fingerprint density at radius 2 is 1.85 bits per heavy atom. The van der Waals surface area contributed by atoms with Crippen molar-refractivity contribution in [3.8, 4) is 5.75 Å². The molecule has 4 heteroatoms. The van der Waals surface area contributed by atoms with Gasteiger partial charge in [0.1, 0.15) is 11.6 Å². The minimum Gasteiger partial charge on any atom is -0.507 e. The average molecular weight is 265 g/mol. The lowest BCUT2D eigenvalue weighted by atomic mass is 10.1. The van der Waals surface area contributed by atoms with Crippen LogP contribution in [0.2, 0.25) is 0 Å². The highest BCUT2D eigenvalue weighted by Crippen LogP contribution is 2.31. The van der Waals surface area contributed by atoms with E-state index in [2.05, 4.69) is 10.3 Å². The monoisotopic (exact) mass is 265 g/mol. The molecule has 0 fully saturated rings. The van der Waals surface area contributed by atoms with Gasteiger partial charge in [0.15, 0.2) is 0 Å². The Balaban J connectivity index is 2.06. The summed E-state index contributed by atoms with van der Waals surface area (Å²) in [6.07, 6.45) is 1.64. The van der Waals surface area contributed by atoms with Gasteiger partial charge in [0.05, 0.1) is 11.9 Å². The third-order valence-corrected chi connectivity index (χ3v) is 3.31. The van der Waals surface area contributed by atoms with Gasteiger partial charge in [0, 0.05) is 16.5 Å². The van der Waals surface area contributed by atoms with Crippen molar-refractivity contribution in [3.63, 3.8) is 0 Å². The van der Waals surface area contributed by atoms with E-state index in [1.165, 1.54) is 0 Å². The normalized spacial score (nSPS) is 10.7. The molecular weight excluding hydrogens is 250 g/mol. The number of anilines is 3. The molecule has 0 saturated heterocycles. The quantitative estimate of drug-likeness (QED) is 0.662. The van der Waals surface area contributed by atoms with Crippen molar-refractivity contribution in [2.75, 3.05) is 11.1 Å². The van der Waals surface area contributed by atoms with Crippen LogP contribution in [0.5, 0.6) is 5.75 Å². The fourth-order valence-electron chi connectivity index (χ4n) is 2.18. The van der Waals surface area contributed by atoms with Gasteiger partial charge in [-0.1, -0.05) is 24.3 Å². The number of benzene rings is 2. The minimum absolute atomic E-state index is 0.271. The zero-order chi connectivity index (χ0) is 14.1. The molecule has 0 saturated carbocycles. The molecular formula is C16H15N3O. The van der Waals surface area contributed by atoms with E-state index in [0.717, 1.165) is 27.8 Å². The number of hydrogen-bond donors (Lipinski definition) is 3. The molecule has 0 aliphatic carbocycles. The molecule has 0 aliphatic rings. The first-order valence-electron chi connectivity index (χ1n) is 6.35. The van der Waals surface area contributed by atoms with Crippen LogP contribution in [0, 0.1) is 6.92 Å². The molecule has 20 heavy (non-hydrogen) atoms. The van der Waals surface area contributed by atoms with Gasteiger partial charge in [-0.15, -0.1) is 0 Å². The number of rotatable bonds is 2. The molecule has 0 radical (unpaired) electrons. The van der Waals surface area contributed by atoms with Crippen molar-refractivity contribution in [2.24, 2.45) is 0 Å². The van der Waals surface area contributed by atoms with Gasteiger partial charge in [-0.25, -0.2) is 4.98 Å². The van der Waals surface area contributed by atoms with Crippen LogP contribution in [0.1, 0.15) is 5.56 Å². The zero-order valence-electron chi connectivity index (χ0n) is 11.1. The van der Waals surface area contributed by atoms with Gasteiger partial charge in [-0.05, 0) is 30.7 Å². The van der Waals surface area contributed by atoms with E-state index >= 15 is 0 Å². The first kappa shape index (κ1) is 12.3. The van der Waals surface area contributed by atoms with E-state index in [1.807, 2.05) is 43.3 Å². The fraction of sp³-hybridized carbons (Fsp3) is 0.0625. The van der Waals surface area contributed by atoms with E-state index < -0.39 is 0 Å². The van der Waals surface area contributed by atoms with Gasteiger partial charge in [0.2, 0.25) is 0 Å². The van der Waals surface area contributed by atoms with Gasteiger partial charge in [0.25, 0.3) is 0 Å². The molecule has 3 aromatic rings. The number of pyridine rings is 1. The molecule has 100 valence electrons. The third-order valence-electron chi connectivity index (χ3n) is 3.31. The van der Waals surface area contributed by atoms with Gasteiger partial charge >= 0.3 is 0 Å². The summed E-state index contributed by atoms with van der Waals surface area (Å²) in [6, 6.07) is 13.1. The van der Waals surface area contributed by atoms with Crippen molar-refractivity contribution in [1.82, 2.24) is 4.98 Å². The van der Waals surface area contributed by atoms with E-state index in [1.54, 1.807) is 12.3 Å². The second-order valence-corrected chi connectivity index (χ2v) is 4.73. The number of nitrogens with one attached hydrogen (secondary N) is 1. The Hall–Kier alpha value is -2.75. The molecule has 0 atom stereocenters. The number of phenols is 1. The van der Waals surface area contributed by atoms with Crippen LogP contribution in [0.3, 0.4) is 0 Å². The van der Waals surface area contributed by atoms with Gasteiger partial charge in [-0.3, -0.25) is 0 Å². The van der Waals surface area contributed by atoms with Gasteiger partial charge < -0.3 is 16.2 Å². The Morgan fingerprint density at radius 3 is 2.65 bits per heavy atom. The van der Waals surface area contributed by atoms with E-state index in [9.17, 15) is 5.11 Å². The number of aromatic nitrogens is 1. The maximum Gasteiger partial charge on any atom is 0.130 e. The van der Waals surface area contributed by atoms with Crippen LogP contribution in [0.4, 0.5) is 17.2 Å². The summed E-state index contributed by atoms with van der Waals surface area (Å²) in [7, 11) is 0. The zero-order valence-corrected chi connectivity index (χ0v) is 11.1. The Bertz CT molecular complexity index is 784. The van der Waals surface area contributed by atoms with Gasteiger partial charge in [-0.2, -0.15) is 0 Å². The summed E-state index contributed by atoms with van der Waals surface area (Å²) >= 11 is 0. The Labute approximate surface area is 116 Å². The second kappa shape index (κ2) is 4.74. The highest BCUT2D eigenvalue weighted by Gasteiger charge is 2.05. The van der Waals surface area contributed by atoms with Crippen molar-refractivity contribution >= 4 is 28.0 Å². The summed E-state index contributed by atoms with van der Waals surface area (Å²) in [5.41, 5.74) is 8.32. The van der Waals surface area contributed by atoms with Crippen molar-refractivity contribution in [2.45, 2.75) is 6.92 Å². The molecule has 2 aromatic carbocycles. The summed E-state index contributed by atoms with van der Waals surface area (Å²) in [6.45, 7) is 1.94. The van der Waals surface area contributed by atoms with E-state index in [0.29, 0.717) is 5.69 Å². The smallest absolute Gasteiger partial charge is 0.130 e. The Kier molecular flexibility index (Phi) is 2.91. The first-order chi connectivity index (χ1) is 9.65. The largest absolute Gasteiger partial charge is 0.507 e. The van der Waals surface area contributed by atoms with E-state index in [-0.39, 0.29) is 5.75 Å². The van der Waals surface area contributed by atoms with Crippen LogP contribution in [0.15, 0.2) is 48.7 Å². The van der Waals surface area contributed by atoms with Crippen LogP contribution in [-0.2, 0) is 0 Å².